The van der Waals surface area contributed by atoms with E-state index < -0.39 is 10.2 Å². The third kappa shape index (κ3) is 2.19. The summed E-state index contributed by atoms with van der Waals surface area (Å²) in [7, 11) is -3.25. The van der Waals surface area contributed by atoms with Crippen LogP contribution in [0.3, 0.4) is 0 Å². The maximum atomic E-state index is 12.6. The van der Waals surface area contributed by atoms with Crippen molar-refractivity contribution in [3.63, 3.8) is 0 Å². The lowest BCUT2D eigenvalue weighted by molar-refractivity contribution is 0.00843. The largest absolute Gasteiger partial charge is 0.376 e. The fourth-order valence-electron chi connectivity index (χ4n) is 3.54. The van der Waals surface area contributed by atoms with Gasteiger partial charge in [-0.05, 0) is 31.6 Å². The van der Waals surface area contributed by atoms with Crippen molar-refractivity contribution < 1.29 is 13.2 Å². The van der Waals surface area contributed by atoms with Gasteiger partial charge in [0.1, 0.15) is 0 Å². The minimum atomic E-state index is -3.25. The second-order valence-corrected chi connectivity index (χ2v) is 7.74. The summed E-state index contributed by atoms with van der Waals surface area (Å²) in [4.78, 5) is 0. The number of hydrogen-bond acceptors (Lipinski definition) is 3. The van der Waals surface area contributed by atoms with E-state index in [4.69, 9.17) is 4.74 Å². The van der Waals surface area contributed by atoms with Gasteiger partial charge in [-0.15, -0.1) is 0 Å². The van der Waals surface area contributed by atoms with Gasteiger partial charge in [0.15, 0.2) is 0 Å². The molecule has 0 aromatic rings. The van der Waals surface area contributed by atoms with Crippen LogP contribution in [0.2, 0.25) is 0 Å². The molecular formula is C12H22N2O3S. The number of rotatable bonds is 2. The van der Waals surface area contributed by atoms with Crippen LogP contribution in [0.4, 0.5) is 0 Å². The van der Waals surface area contributed by atoms with Crippen LogP contribution in [0, 0.1) is 11.8 Å². The van der Waals surface area contributed by atoms with E-state index in [0.717, 1.165) is 13.1 Å². The van der Waals surface area contributed by atoms with E-state index in [2.05, 4.69) is 0 Å². The standard InChI is InChI=1S/C12H22N2O3S/c1-10-7-13(5-6-17-10)18(15,16)14-8-11-3-2-4-12(11)9-14/h10-12H,2-9H2,1H3/t10-,11-,12-/m1/s1. The van der Waals surface area contributed by atoms with Crippen molar-refractivity contribution in [3.8, 4) is 0 Å². The number of nitrogens with zero attached hydrogens (tertiary/aromatic N) is 2. The molecular weight excluding hydrogens is 252 g/mol. The molecule has 6 heteroatoms. The highest BCUT2D eigenvalue weighted by molar-refractivity contribution is 7.86. The Hall–Kier alpha value is -0.170. The first kappa shape index (κ1) is 12.8. The van der Waals surface area contributed by atoms with Gasteiger partial charge in [-0.1, -0.05) is 6.42 Å². The zero-order valence-corrected chi connectivity index (χ0v) is 11.7. The summed E-state index contributed by atoms with van der Waals surface area (Å²) in [6, 6.07) is 0. The molecule has 2 aliphatic heterocycles. The average molecular weight is 274 g/mol. The van der Waals surface area contributed by atoms with Crippen LogP contribution in [0.1, 0.15) is 26.2 Å². The molecule has 0 N–H and O–H groups in total. The molecule has 0 unspecified atom stereocenters. The van der Waals surface area contributed by atoms with E-state index in [9.17, 15) is 8.42 Å². The number of ether oxygens (including phenoxy) is 1. The lowest BCUT2D eigenvalue weighted by atomic mass is 10.0. The summed E-state index contributed by atoms with van der Waals surface area (Å²) in [5.41, 5.74) is 0. The summed E-state index contributed by atoms with van der Waals surface area (Å²) in [5, 5.41) is 0. The summed E-state index contributed by atoms with van der Waals surface area (Å²) < 4.78 is 33.8. The highest BCUT2D eigenvalue weighted by Crippen LogP contribution is 2.39. The molecule has 5 nitrogen and oxygen atoms in total. The molecule has 1 saturated carbocycles. The highest BCUT2D eigenvalue weighted by Gasteiger charge is 2.43. The van der Waals surface area contributed by atoms with Gasteiger partial charge in [-0.25, -0.2) is 0 Å². The molecule has 1 aliphatic carbocycles. The number of hydrogen-bond donors (Lipinski definition) is 0. The van der Waals surface area contributed by atoms with E-state index in [-0.39, 0.29) is 6.10 Å². The Morgan fingerprint density at radius 3 is 2.33 bits per heavy atom. The minimum Gasteiger partial charge on any atom is -0.376 e. The van der Waals surface area contributed by atoms with Crippen LogP contribution in [0.5, 0.6) is 0 Å². The summed E-state index contributed by atoms with van der Waals surface area (Å²) in [5.74, 6) is 1.22. The van der Waals surface area contributed by atoms with Gasteiger partial charge in [0.2, 0.25) is 0 Å². The number of morpholine rings is 1. The van der Waals surface area contributed by atoms with Gasteiger partial charge in [0.25, 0.3) is 10.2 Å². The second kappa shape index (κ2) is 4.74. The summed E-state index contributed by atoms with van der Waals surface area (Å²) in [6.45, 7) is 4.91. The zero-order valence-electron chi connectivity index (χ0n) is 10.9. The molecule has 3 rings (SSSR count). The molecule has 104 valence electrons. The summed E-state index contributed by atoms with van der Waals surface area (Å²) in [6.07, 6.45) is 3.69. The topological polar surface area (TPSA) is 49.9 Å². The van der Waals surface area contributed by atoms with Crippen LogP contribution in [-0.2, 0) is 14.9 Å². The Morgan fingerprint density at radius 1 is 1.06 bits per heavy atom. The van der Waals surface area contributed by atoms with Crippen molar-refractivity contribution in [1.29, 1.82) is 0 Å². The second-order valence-electron chi connectivity index (χ2n) is 5.82. The third-order valence-corrected chi connectivity index (χ3v) is 6.48. The van der Waals surface area contributed by atoms with E-state index in [0.29, 0.717) is 31.5 Å². The van der Waals surface area contributed by atoms with E-state index >= 15 is 0 Å². The van der Waals surface area contributed by atoms with Gasteiger partial charge in [-0.2, -0.15) is 17.0 Å². The lowest BCUT2D eigenvalue weighted by Crippen LogP contribution is -2.50. The van der Waals surface area contributed by atoms with Gasteiger partial charge in [-0.3, -0.25) is 0 Å². The maximum absolute atomic E-state index is 12.6. The van der Waals surface area contributed by atoms with Crippen LogP contribution >= 0.6 is 0 Å². The quantitative estimate of drug-likeness (QED) is 0.744. The minimum absolute atomic E-state index is 0.00984. The predicted octanol–water partition coefficient (Wildman–Crippen LogP) is 0.684. The predicted molar refractivity (Wildman–Crippen MR) is 68.3 cm³/mol. The van der Waals surface area contributed by atoms with Crippen LogP contribution in [-0.4, -0.2) is 55.9 Å². The van der Waals surface area contributed by atoms with E-state index in [1.165, 1.54) is 19.3 Å². The normalized spacial score (nSPS) is 39.1. The first-order chi connectivity index (χ1) is 8.57. The molecule has 0 amide bonds. The van der Waals surface area contributed by atoms with Gasteiger partial charge in [0, 0.05) is 26.2 Å². The molecule has 3 aliphatic rings. The van der Waals surface area contributed by atoms with Crippen molar-refractivity contribution in [2.45, 2.75) is 32.3 Å². The zero-order chi connectivity index (χ0) is 12.8. The molecule has 2 saturated heterocycles. The Balaban J connectivity index is 1.71. The van der Waals surface area contributed by atoms with Crippen molar-refractivity contribution in [1.82, 2.24) is 8.61 Å². The molecule has 2 heterocycles. The van der Waals surface area contributed by atoms with Gasteiger partial charge in [0.05, 0.1) is 12.7 Å². The van der Waals surface area contributed by atoms with Crippen LogP contribution in [0.25, 0.3) is 0 Å². The van der Waals surface area contributed by atoms with Crippen molar-refractivity contribution in [2.24, 2.45) is 11.8 Å². The average Bonchev–Trinajstić information content (AvgIpc) is 2.89. The third-order valence-electron chi connectivity index (χ3n) is 4.55. The summed E-state index contributed by atoms with van der Waals surface area (Å²) >= 11 is 0. The Kier molecular flexibility index (Phi) is 3.38. The first-order valence-corrected chi connectivity index (χ1v) is 8.34. The first-order valence-electron chi connectivity index (χ1n) is 6.94. The SMILES string of the molecule is C[C@@H]1CN(S(=O)(=O)N2C[C@H]3CCC[C@@H]3C2)CCO1. The lowest BCUT2D eigenvalue weighted by Gasteiger charge is -2.33. The van der Waals surface area contributed by atoms with Crippen molar-refractivity contribution in [2.75, 3.05) is 32.8 Å². The molecule has 0 bridgehead atoms. The molecule has 0 spiro atoms. The monoisotopic (exact) mass is 274 g/mol. The molecule has 3 atom stereocenters. The van der Waals surface area contributed by atoms with Gasteiger partial charge < -0.3 is 4.74 Å². The fraction of sp³-hybridized carbons (Fsp3) is 1.00. The van der Waals surface area contributed by atoms with Crippen LogP contribution in [0.15, 0.2) is 0 Å². The fourth-order valence-corrected chi connectivity index (χ4v) is 5.33. The van der Waals surface area contributed by atoms with Crippen molar-refractivity contribution in [3.05, 3.63) is 0 Å². The molecule has 0 radical (unpaired) electrons. The molecule has 3 fully saturated rings. The Morgan fingerprint density at radius 2 is 1.72 bits per heavy atom. The van der Waals surface area contributed by atoms with E-state index in [1.807, 2.05) is 6.92 Å². The highest BCUT2D eigenvalue weighted by atomic mass is 32.2. The molecule has 0 aromatic heterocycles. The van der Waals surface area contributed by atoms with Gasteiger partial charge >= 0.3 is 0 Å². The smallest absolute Gasteiger partial charge is 0.282 e. The maximum Gasteiger partial charge on any atom is 0.282 e. The number of fused-ring (bicyclic) bond motifs is 1. The van der Waals surface area contributed by atoms with Crippen molar-refractivity contribution >= 4 is 10.2 Å². The Bertz CT molecular complexity index is 400. The molecule has 18 heavy (non-hydrogen) atoms. The van der Waals surface area contributed by atoms with E-state index in [1.54, 1.807) is 8.61 Å². The molecule has 0 aromatic carbocycles. The van der Waals surface area contributed by atoms with Crippen LogP contribution < -0.4 is 0 Å². The Labute approximate surface area is 109 Å².